The molecule has 1 aliphatic rings. The molecule has 0 unspecified atom stereocenters. The molecule has 3 heteroatoms. The van der Waals surface area contributed by atoms with Gasteiger partial charge in [-0.25, -0.2) is 0 Å². The highest BCUT2D eigenvalue weighted by Crippen LogP contribution is 2.36. The minimum Gasteiger partial charge on any atom is -0.508 e. The molecule has 0 aliphatic carbocycles. The van der Waals surface area contributed by atoms with E-state index in [0.717, 1.165) is 28.2 Å². The van der Waals surface area contributed by atoms with Crippen LogP contribution in [0.5, 0.6) is 17.2 Å². The number of ether oxygens (including phenoxy) is 2. The lowest BCUT2D eigenvalue weighted by Crippen LogP contribution is -2.15. The largest absolute Gasteiger partial charge is 0.508 e. The Hall–Kier alpha value is -2.16. The van der Waals surface area contributed by atoms with Crippen LogP contribution in [0.3, 0.4) is 0 Å². The molecular formula is C15H14O3. The summed E-state index contributed by atoms with van der Waals surface area (Å²) in [6.07, 6.45) is 0. The molecule has 1 N–H and O–H groups in total. The van der Waals surface area contributed by atoms with Crippen LogP contribution in [-0.2, 0) is 0 Å². The summed E-state index contributed by atoms with van der Waals surface area (Å²) in [5.41, 5.74) is 2.90. The van der Waals surface area contributed by atoms with Crippen LogP contribution in [0.25, 0.3) is 11.1 Å². The van der Waals surface area contributed by atoms with Gasteiger partial charge in [-0.1, -0.05) is 18.2 Å². The van der Waals surface area contributed by atoms with Gasteiger partial charge in [0.1, 0.15) is 19.0 Å². The molecule has 0 atom stereocenters. The molecule has 18 heavy (non-hydrogen) atoms. The standard InChI is InChI=1S/C15H14O3/c1-10-12(3-2-4-13(10)16)11-5-6-14-15(9-11)18-8-7-17-14/h2-6,9,16H,7-8H2,1H3. The second-order valence-corrected chi connectivity index (χ2v) is 4.31. The molecule has 2 aromatic rings. The van der Waals surface area contributed by atoms with Crippen LogP contribution in [0.4, 0.5) is 0 Å². The Morgan fingerprint density at radius 1 is 1.00 bits per heavy atom. The smallest absolute Gasteiger partial charge is 0.161 e. The highest BCUT2D eigenvalue weighted by atomic mass is 16.6. The molecule has 3 rings (SSSR count). The first-order chi connectivity index (χ1) is 8.75. The Balaban J connectivity index is 2.09. The molecule has 1 aliphatic heterocycles. The third-order valence-electron chi connectivity index (χ3n) is 3.16. The van der Waals surface area contributed by atoms with E-state index in [0.29, 0.717) is 19.0 Å². The topological polar surface area (TPSA) is 38.7 Å². The second kappa shape index (κ2) is 4.26. The molecule has 0 saturated carbocycles. The van der Waals surface area contributed by atoms with Gasteiger partial charge in [0.2, 0.25) is 0 Å². The van der Waals surface area contributed by atoms with E-state index in [1.54, 1.807) is 6.07 Å². The predicted octanol–water partition coefficient (Wildman–Crippen LogP) is 3.14. The van der Waals surface area contributed by atoms with Crippen LogP contribution in [0.2, 0.25) is 0 Å². The van der Waals surface area contributed by atoms with Crippen molar-refractivity contribution in [1.29, 1.82) is 0 Å². The van der Waals surface area contributed by atoms with E-state index in [1.165, 1.54) is 0 Å². The molecule has 0 amide bonds. The summed E-state index contributed by atoms with van der Waals surface area (Å²) in [5.74, 6) is 1.85. The monoisotopic (exact) mass is 242 g/mol. The molecular weight excluding hydrogens is 228 g/mol. The Kier molecular flexibility index (Phi) is 2.59. The fourth-order valence-corrected chi connectivity index (χ4v) is 2.15. The molecule has 0 radical (unpaired) electrons. The van der Waals surface area contributed by atoms with Crippen molar-refractivity contribution in [2.24, 2.45) is 0 Å². The fourth-order valence-electron chi connectivity index (χ4n) is 2.15. The van der Waals surface area contributed by atoms with Crippen molar-refractivity contribution < 1.29 is 14.6 Å². The molecule has 2 aromatic carbocycles. The number of benzene rings is 2. The summed E-state index contributed by atoms with van der Waals surface area (Å²) < 4.78 is 11.1. The maximum absolute atomic E-state index is 9.74. The van der Waals surface area contributed by atoms with Crippen molar-refractivity contribution >= 4 is 0 Å². The van der Waals surface area contributed by atoms with Crippen LogP contribution in [0.15, 0.2) is 36.4 Å². The van der Waals surface area contributed by atoms with E-state index in [9.17, 15) is 5.11 Å². The van der Waals surface area contributed by atoms with Gasteiger partial charge in [-0.05, 0) is 41.8 Å². The zero-order chi connectivity index (χ0) is 12.5. The van der Waals surface area contributed by atoms with Crippen molar-refractivity contribution in [1.82, 2.24) is 0 Å². The summed E-state index contributed by atoms with van der Waals surface area (Å²) in [6, 6.07) is 11.4. The summed E-state index contributed by atoms with van der Waals surface area (Å²) in [4.78, 5) is 0. The van der Waals surface area contributed by atoms with E-state index in [2.05, 4.69) is 0 Å². The first-order valence-electron chi connectivity index (χ1n) is 5.94. The maximum Gasteiger partial charge on any atom is 0.161 e. The van der Waals surface area contributed by atoms with Crippen molar-refractivity contribution in [2.75, 3.05) is 13.2 Å². The quantitative estimate of drug-likeness (QED) is 0.835. The average Bonchev–Trinajstić information content (AvgIpc) is 2.41. The van der Waals surface area contributed by atoms with Crippen molar-refractivity contribution in [3.05, 3.63) is 42.0 Å². The van der Waals surface area contributed by atoms with Gasteiger partial charge in [0.25, 0.3) is 0 Å². The number of hydrogen-bond acceptors (Lipinski definition) is 3. The van der Waals surface area contributed by atoms with E-state index in [4.69, 9.17) is 9.47 Å². The molecule has 0 bridgehead atoms. The lowest BCUT2D eigenvalue weighted by atomic mass is 9.99. The van der Waals surface area contributed by atoms with Crippen LogP contribution >= 0.6 is 0 Å². The summed E-state index contributed by atoms with van der Waals surface area (Å²) in [6.45, 7) is 3.08. The van der Waals surface area contributed by atoms with Crippen molar-refractivity contribution in [2.45, 2.75) is 6.92 Å². The van der Waals surface area contributed by atoms with Gasteiger partial charge in [-0.15, -0.1) is 0 Å². The Bertz CT molecular complexity index is 590. The Labute approximate surface area is 106 Å². The molecule has 0 spiro atoms. The average molecular weight is 242 g/mol. The van der Waals surface area contributed by atoms with E-state index in [-0.39, 0.29) is 0 Å². The fraction of sp³-hybridized carbons (Fsp3) is 0.200. The van der Waals surface area contributed by atoms with Crippen molar-refractivity contribution in [3.63, 3.8) is 0 Å². The van der Waals surface area contributed by atoms with Gasteiger partial charge in [0, 0.05) is 0 Å². The lowest BCUT2D eigenvalue weighted by Gasteiger charge is -2.19. The first kappa shape index (κ1) is 11.0. The number of hydrogen-bond donors (Lipinski definition) is 1. The maximum atomic E-state index is 9.74. The third-order valence-corrected chi connectivity index (χ3v) is 3.16. The lowest BCUT2D eigenvalue weighted by molar-refractivity contribution is 0.171. The number of phenolic OH excluding ortho intramolecular Hbond substituents is 1. The summed E-state index contributed by atoms with van der Waals surface area (Å²) in [7, 11) is 0. The zero-order valence-electron chi connectivity index (χ0n) is 10.1. The normalized spacial score (nSPS) is 13.4. The number of phenols is 1. The SMILES string of the molecule is Cc1c(O)cccc1-c1ccc2c(c1)OCCO2. The van der Waals surface area contributed by atoms with Crippen LogP contribution in [0.1, 0.15) is 5.56 Å². The van der Waals surface area contributed by atoms with Gasteiger partial charge >= 0.3 is 0 Å². The minimum atomic E-state index is 0.308. The van der Waals surface area contributed by atoms with E-state index >= 15 is 0 Å². The summed E-state index contributed by atoms with van der Waals surface area (Å²) in [5, 5.41) is 9.74. The number of aromatic hydroxyl groups is 1. The van der Waals surface area contributed by atoms with E-state index < -0.39 is 0 Å². The van der Waals surface area contributed by atoms with Gasteiger partial charge in [0.05, 0.1) is 0 Å². The van der Waals surface area contributed by atoms with Gasteiger partial charge in [-0.3, -0.25) is 0 Å². The molecule has 1 heterocycles. The summed E-state index contributed by atoms with van der Waals surface area (Å²) >= 11 is 0. The minimum absolute atomic E-state index is 0.308. The van der Waals surface area contributed by atoms with Crippen molar-refractivity contribution in [3.8, 4) is 28.4 Å². The number of rotatable bonds is 1. The van der Waals surface area contributed by atoms with Gasteiger partial charge in [0.15, 0.2) is 11.5 Å². The van der Waals surface area contributed by atoms with Gasteiger partial charge in [-0.2, -0.15) is 0 Å². The van der Waals surface area contributed by atoms with Crippen LogP contribution in [0, 0.1) is 6.92 Å². The number of fused-ring (bicyclic) bond motifs is 1. The highest BCUT2D eigenvalue weighted by molar-refractivity contribution is 5.72. The Morgan fingerprint density at radius 3 is 2.61 bits per heavy atom. The zero-order valence-corrected chi connectivity index (χ0v) is 10.1. The van der Waals surface area contributed by atoms with Gasteiger partial charge < -0.3 is 14.6 Å². The molecule has 92 valence electrons. The van der Waals surface area contributed by atoms with Crippen LogP contribution < -0.4 is 9.47 Å². The first-order valence-corrected chi connectivity index (χ1v) is 5.94. The molecule has 0 fully saturated rings. The van der Waals surface area contributed by atoms with E-state index in [1.807, 2.05) is 37.3 Å². The molecule has 0 aromatic heterocycles. The highest BCUT2D eigenvalue weighted by Gasteiger charge is 2.13. The molecule has 0 saturated heterocycles. The Morgan fingerprint density at radius 2 is 1.78 bits per heavy atom. The second-order valence-electron chi connectivity index (χ2n) is 4.31. The predicted molar refractivity (Wildman–Crippen MR) is 69.3 cm³/mol. The third kappa shape index (κ3) is 1.78. The molecule has 3 nitrogen and oxygen atoms in total. The van der Waals surface area contributed by atoms with Crippen LogP contribution in [-0.4, -0.2) is 18.3 Å².